The highest BCUT2D eigenvalue weighted by molar-refractivity contribution is 5.78. The molecule has 9 nitrogen and oxygen atoms in total. The Hall–Kier alpha value is -3.04. The summed E-state index contributed by atoms with van der Waals surface area (Å²) in [6.07, 6.45) is -0.203. The average molecular weight is 325 g/mol. The zero-order valence-electron chi connectivity index (χ0n) is 12.0. The van der Waals surface area contributed by atoms with Crippen molar-refractivity contribution in [2.75, 3.05) is 6.61 Å². The molecule has 0 aliphatic heterocycles. The Morgan fingerprint density at radius 2 is 2.13 bits per heavy atom. The summed E-state index contributed by atoms with van der Waals surface area (Å²) >= 11 is 0. The number of hydrogen-bond acceptors (Lipinski definition) is 6. The van der Waals surface area contributed by atoms with E-state index in [1.807, 2.05) is 0 Å². The van der Waals surface area contributed by atoms with E-state index in [9.17, 15) is 28.9 Å². The minimum atomic E-state index is -1.15. The highest BCUT2D eigenvalue weighted by atomic mass is 19.1. The van der Waals surface area contributed by atoms with Crippen molar-refractivity contribution in [3.8, 4) is 0 Å². The Bertz CT molecular complexity index is 901. The molecular formula is C13H12FN3O6. The first-order valence-electron chi connectivity index (χ1n) is 6.61. The number of rotatable bonds is 5. The lowest BCUT2D eigenvalue weighted by atomic mass is 10.2. The zero-order valence-corrected chi connectivity index (χ0v) is 12.0. The van der Waals surface area contributed by atoms with Crippen molar-refractivity contribution >= 4 is 22.7 Å². The highest BCUT2D eigenvalue weighted by Crippen LogP contribution is 2.22. The van der Waals surface area contributed by atoms with Crippen LogP contribution in [0.15, 0.2) is 21.7 Å². The summed E-state index contributed by atoms with van der Waals surface area (Å²) in [5, 5.41) is 10.7. The summed E-state index contributed by atoms with van der Waals surface area (Å²) in [5.74, 6) is -1.74. The summed E-state index contributed by atoms with van der Waals surface area (Å²) in [4.78, 5) is 46.8. The molecule has 0 bridgehead atoms. The third kappa shape index (κ3) is 3.25. The number of halogens is 1. The Balaban J connectivity index is 2.58. The van der Waals surface area contributed by atoms with Crippen molar-refractivity contribution < 1.29 is 18.8 Å². The standard InChI is InChI=1S/C13H12FN3O6/c1-2-23-11(18)3-4-16-10-5-7(14)9(17(21)22)6-8(10)15-12(19)13(16)20/h5-6H,2-4H2,1H3,(H,15,19). The van der Waals surface area contributed by atoms with E-state index in [4.69, 9.17) is 4.74 Å². The number of hydrogen-bond donors (Lipinski definition) is 1. The van der Waals surface area contributed by atoms with Gasteiger partial charge in [-0.15, -0.1) is 0 Å². The number of carbonyl (C=O) groups excluding carboxylic acids is 1. The van der Waals surface area contributed by atoms with E-state index >= 15 is 0 Å². The van der Waals surface area contributed by atoms with Gasteiger partial charge in [-0.2, -0.15) is 4.39 Å². The molecule has 0 amide bonds. The van der Waals surface area contributed by atoms with Gasteiger partial charge in [0.25, 0.3) is 0 Å². The second-order valence-corrected chi connectivity index (χ2v) is 4.54. The molecule has 1 aromatic heterocycles. The Kier molecular flexibility index (Phi) is 4.53. The zero-order chi connectivity index (χ0) is 17.1. The lowest BCUT2D eigenvalue weighted by Gasteiger charge is -2.09. The first-order chi connectivity index (χ1) is 10.8. The van der Waals surface area contributed by atoms with Gasteiger partial charge in [-0.05, 0) is 6.92 Å². The van der Waals surface area contributed by atoms with Crippen LogP contribution in [0.2, 0.25) is 0 Å². The molecule has 0 radical (unpaired) electrons. The molecule has 1 heterocycles. The molecule has 10 heteroatoms. The second-order valence-electron chi connectivity index (χ2n) is 4.54. The maximum absolute atomic E-state index is 13.8. The van der Waals surface area contributed by atoms with Gasteiger partial charge in [0, 0.05) is 18.7 Å². The monoisotopic (exact) mass is 325 g/mol. The number of ether oxygens (including phenoxy) is 1. The topological polar surface area (TPSA) is 124 Å². The number of nitro groups is 1. The highest BCUT2D eigenvalue weighted by Gasteiger charge is 2.18. The molecule has 1 N–H and O–H groups in total. The third-order valence-electron chi connectivity index (χ3n) is 3.09. The van der Waals surface area contributed by atoms with Gasteiger partial charge in [-0.3, -0.25) is 24.5 Å². The number of esters is 1. The van der Waals surface area contributed by atoms with Gasteiger partial charge < -0.3 is 14.3 Å². The molecule has 0 aliphatic carbocycles. The number of benzene rings is 1. The number of H-pyrrole nitrogens is 1. The minimum Gasteiger partial charge on any atom is -0.466 e. The molecular weight excluding hydrogens is 313 g/mol. The normalized spacial score (nSPS) is 10.7. The number of nitro benzene ring substituents is 1. The van der Waals surface area contributed by atoms with E-state index in [0.29, 0.717) is 0 Å². The molecule has 0 unspecified atom stereocenters. The summed E-state index contributed by atoms with van der Waals surface area (Å²) in [6.45, 7) is 1.56. The number of nitrogens with zero attached hydrogens (tertiary/aromatic N) is 2. The summed E-state index contributed by atoms with van der Waals surface area (Å²) < 4.78 is 19.4. The first-order valence-corrected chi connectivity index (χ1v) is 6.61. The van der Waals surface area contributed by atoms with Crippen molar-refractivity contribution in [1.29, 1.82) is 0 Å². The number of aryl methyl sites for hydroxylation is 1. The molecule has 1 aromatic carbocycles. The van der Waals surface area contributed by atoms with E-state index in [2.05, 4.69) is 4.98 Å². The van der Waals surface area contributed by atoms with E-state index < -0.39 is 33.5 Å². The number of carbonyl (C=O) groups is 1. The Morgan fingerprint density at radius 3 is 2.74 bits per heavy atom. The fourth-order valence-corrected chi connectivity index (χ4v) is 2.08. The molecule has 0 fully saturated rings. The molecule has 122 valence electrons. The van der Waals surface area contributed by atoms with Crippen molar-refractivity contribution in [1.82, 2.24) is 9.55 Å². The fourth-order valence-electron chi connectivity index (χ4n) is 2.08. The smallest absolute Gasteiger partial charge is 0.316 e. The molecule has 23 heavy (non-hydrogen) atoms. The number of fused-ring (bicyclic) bond motifs is 1. The predicted molar refractivity (Wildman–Crippen MR) is 76.7 cm³/mol. The van der Waals surface area contributed by atoms with Crippen molar-refractivity contribution in [3.63, 3.8) is 0 Å². The second kappa shape index (κ2) is 6.38. The van der Waals surface area contributed by atoms with Crippen molar-refractivity contribution in [2.24, 2.45) is 0 Å². The van der Waals surface area contributed by atoms with Crippen LogP contribution < -0.4 is 11.1 Å². The van der Waals surface area contributed by atoms with Crippen LogP contribution >= 0.6 is 0 Å². The van der Waals surface area contributed by atoms with E-state index in [1.54, 1.807) is 6.92 Å². The first kappa shape index (κ1) is 16.3. The molecule has 2 aromatic rings. The van der Waals surface area contributed by atoms with Gasteiger partial charge in [0.15, 0.2) is 0 Å². The van der Waals surface area contributed by atoms with Crippen molar-refractivity contribution in [3.05, 3.63) is 48.8 Å². The molecule has 0 saturated carbocycles. The van der Waals surface area contributed by atoms with Crippen LogP contribution in [-0.2, 0) is 16.1 Å². The molecule has 0 spiro atoms. The number of nitrogens with one attached hydrogen (secondary N) is 1. The number of aromatic nitrogens is 2. The van der Waals surface area contributed by atoms with E-state index in [-0.39, 0.29) is 30.6 Å². The van der Waals surface area contributed by atoms with E-state index in [0.717, 1.165) is 16.7 Å². The van der Waals surface area contributed by atoms with E-state index in [1.165, 1.54) is 0 Å². The van der Waals surface area contributed by atoms with Gasteiger partial charge in [0.1, 0.15) is 0 Å². The molecule has 0 atom stereocenters. The quantitative estimate of drug-likeness (QED) is 0.373. The Morgan fingerprint density at radius 1 is 1.43 bits per heavy atom. The summed E-state index contributed by atoms with van der Waals surface area (Å²) in [7, 11) is 0. The average Bonchev–Trinajstić information content (AvgIpc) is 2.48. The van der Waals surface area contributed by atoms with Gasteiger partial charge >= 0.3 is 22.8 Å². The number of aromatic amines is 1. The SMILES string of the molecule is CCOC(=O)CCn1c(=O)c(=O)[nH]c2cc([N+](=O)[O-])c(F)cc21. The van der Waals surface area contributed by atoms with Crippen LogP contribution in [0.25, 0.3) is 11.0 Å². The molecule has 0 saturated heterocycles. The van der Waals surface area contributed by atoms with Gasteiger partial charge in [-0.25, -0.2) is 0 Å². The maximum atomic E-state index is 13.8. The lowest BCUT2D eigenvalue weighted by Crippen LogP contribution is -2.37. The van der Waals surface area contributed by atoms with Crippen molar-refractivity contribution in [2.45, 2.75) is 19.9 Å². The fraction of sp³-hybridized carbons (Fsp3) is 0.308. The predicted octanol–water partition coefficient (Wildman–Crippen LogP) is 0.690. The lowest BCUT2D eigenvalue weighted by molar-refractivity contribution is -0.387. The molecule has 0 aliphatic rings. The van der Waals surface area contributed by atoms with Gasteiger partial charge in [0.2, 0.25) is 5.82 Å². The maximum Gasteiger partial charge on any atom is 0.316 e. The van der Waals surface area contributed by atoms with Gasteiger partial charge in [-0.1, -0.05) is 0 Å². The summed E-state index contributed by atoms with van der Waals surface area (Å²) in [6, 6.07) is 1.60. The summed E-state index contributed by atoms with van der Waals surface area (Å²) in [5.41, 5.74) is -2.98. The van der Waals surface area contributed by atoms with Crippen LogP contribution in [0.1, 0.15) is 13.3 Å². The van der Waals surface area contributed by atoms with Crippen LogP contribution in [0.3, 0.4) is 0 Å². The Labute approximate surface area is 127 Å². The van der Waals surface area contributed by atoms with Gasteiger partial charge in [0.05, 0.1) is 29.0 Å². The molecule has 2 rings (SSSR count). The van der Waals surface area contributed by atoms with Crippen LogP contribution in [0.4, 0.5) is 10.1 Å². The van der Waals surface area contributed by atoms with Crippen LogP contribution in [0, 0.1) is 15.9 Å². The minimum absolute atomic E-state index is 0.0537. The largest absolute Gasteiger partial charge is 0.466 e. The third-order valence-corrected chi connectivity index (χ3v) is 3.09. The van der Waals surface area contributed by atoms with Crippen LogP contribution in [0.5, 0.6) is 0 Å². The van der Waals surface area contributed by atoms with Crippen LogP contribution in [-0.4, -0.2) is 27.1 Å².